The monoisotopic (exact) mass is 493 g/mol. The molecule has 0 bridgehead atoms. The van der Waals surface area contributed by atoms with Gasteiger partial charge >= 0.3 is 0 Å². The second kappa shape index (κ2) is 14.3. The van der Waals surface area contributed by atoms with Gasteiger partial charge in [0.2, 0.25) is 5.88 Å². The summed E-state index contributed by atoms with van der Waals surface area (Å²) in [6.07, 6.45) is 5.27. The highest BCUT2D eigenvalue weighted by Gasteiger charge is 2.23. The van der Waals surface area contributed by atoms with Gasteiger partial charge in [-0.05, 0) is 42.8 Å². The maximum atomic E-state index is 10.5. The lowest BCUT2D eigenvalue weighted by Gasteiger charge is -2.25. The Labute approximate surface area is 213 Å². The Morgan fingerprint density at radius 3 is 2.44 bits per heavy atom. The molecule has 1 heterocycles. The van der Waals surface area contributed by atoms with E-state index in [9.17, 15) is 5.11 Å². The summed E-state index contributed by atoms with van der Waals surface area (Å²) in [4.78, 5) is 2.11. The van der Waals surface area contributed by atoms with Crippen molar-refractivity contribution in [3.63, 3.8) is 0 Å². The molecule has 8 heteroatoms. The summed E-state index contributed by atoms with van der Waals surface area (Å²) in [5.41, 5.74) is 2.76. The average Bonchev–Trinajstić information content (AvgIpc) is 3.25. The van der Waals surface area contributed by atoms with Crippen molar-refractivity contribution < 1.29 is 24.1 Å². The molecule has 0 aliphatic carbocycles. The molecule has 2 aromatic carbocycles. The number of para-hydroxylation sites is 1. The van der Waals surface area contributed by atoms with Crippen molar-refractivity contribution in [3.05, 3.63) is 65.9 Å². The van der Waals surface area contributed by atoms with Gasteiger partial charge in [-0.3, -0.25) is 4.90 Å². The standard InChI is InChI=1S/C28H35N3O5/c1-5-17-35-21-23(32)19-30(16-18-33-3)20-26-27(6-2)29-31(22-10-8-7-9-11-22)28(26)36-25-14-12-24(34-4)13-15-25/h1,7-15,23,32H,6,16-21H2,2-4H3. The number of hydrogen-bond acceptors (Lipinski definition) is 7. The van der Waals surface area contributed by atoms with E-state index < -0.39 is 6.10 Å². The minimum Gasteiger partial charge on any atom is -0.497 e. The molecular weight excluding hydrogens is 458 g/mol. The van der Waals surface area contributed by atoms with Crippen molar-refractivity contribution in [3.8, 4) is 35.4 Å². The van der Waals surface area contributed by atoms with Gasteiger partial charge in [-0.25, -0.2) is 4.68 Å². The Bertz CT molecular complexity index is 1090. The van der Waals surface area contributed by atoms with Crippen molar-refractivity contribution in [1.29, 1.82) is 0 Å². The minimum absolute atomic E-state index is 0.160. The number of hydrogen-bond donors (Lipinski definition) is 1. The second-order valence-corrected chi connectivity index (χ2v) is 8.21. The van der Waals surface area contributed by atoms with Gasteiger partial charge in [-0.1, -0.05) is 31.0 Å². The summed E-state index contributed by atoms with van der Waals surface area (Å²) < 4.78 is 24.2. The molecule has 3 rings (SSSR count). The highest BCUT2D eigenvalue weighted by atomic mass is 16.5. The third-order valence-corrected chi connectivity index (χ3v) is 5.59. The summed E-state index contributed by atoms with van der Waals surface area (Å²) in [6.45, 7) is 4.42. The first-order valence-corrected chi connectivity index (χ1v) is 12.0. The van der Waals surface area contributed by atoms with Gasteiger partial charge in [0.15, 0.2) is 0 Å². The molecule has 0 aliphatic heterocycles. The number of ether oxygens (including phenoxy) is 4. The van der Waals surface area contributed by atoms with Gasteiger partial charge in [0.25, 0.3) is 0 Å². The fourth-order valence-corrected chi connectivity index (χ4v) is 3.81. The van der Waals surface area contributed by atoms with Crippen LogP contribution in [0.4, 0.5) is 0 Å². The van der Waals surface area contributed by atoms with Gasteiger partial charge in [-0.2, -0.15) is 5.10 Å². The summed E-state index contributed by atoms with van der Waals surface area (Å²) in [7, 11) is 3.29. The molecular formula is C28H35N3O5. The minimum atomic E-state index is -0.699. The maximum Gasteiger partial charge on any atom is 0.227 e. The number of aromatic nitrogens is 2. The molecule has 0 amide bonds. The first-order valence-electron chi connectivity index (χ1n) is 12.0. The largest absolute Gasteiger partial charge is 0.497 e. The molecule has 3 aromatic rings. The van der Waals surface area contributed by atoms with Crippen molar-refractivity contribution in [1.82, 2.24) is 14.7 Å². The van der Waals surface area contributed by atoms with E-state index in [1.807, 2.05) is 59.3 Å². The van der Waals surface area contributed by atoms with Crippen LogP contribution in [0.25, 0.3) is 5.69 Å². The number of terminal acetylenes is 1. The number of aryl methyl sites for hydroxylation is 1. The highest BCUT2D eigenvalue weighted by Crippen LogP contribution is 2.33. The molecule has 1 atom stereocenters. The Kier molecular flexibility index (Phi) is 10.8. The lowest BCUT2D eigenvalue weighted by atomic mass is 10.1. The lowest BCUT2D eigenvalue weighted by Crippen LogP contribution is -2.36. The number of rotatable bonds is 15. The van der Waals surface area contributed by atoms with E-state index in [1.54, 1.807) is 14.2 Å². The zero-order valence-electron chi connectivity index (χ0n) is 21.2. The van der Waals surface area contributed by atoms with Crippen LogP contribution in [-0.4, -0.2) is 73.0 Å². The smallest absolute Gasteiger partial charge is 0.227 e. The third kappa shape index (κ3) is 7.57. The molecule has 0 radical (unpaired) electrons. The summed E-state index contributed by atoms with van der Waals surface area (Å²) in [5.74, 6) is 4.47. The Balaban J connectivity index is 1.96. The lowest BCUT2D eigenvalue weighted by molar-refractivity contribution is 0.0205. The maximum absolute atomic E-state index is 10.5. The number of benzene rings is 2. The van der Waals surface area contributed by atoms with E-state index in [0.717, 1.165) is 29.1 Å². The first kappa shape index (κ1) is 27.2. The molecule has 1 N–H and O–H groups in total. The SMILES string of the molecule is C#CCOCC(O)CN(CCOC)Cc1c(CC)nn(-c2ccccc2)c1Oc1ccc(OC)cc1. The second-order valence-electron chi connectivity index (χ2n) is 8.21. The van der Waals surface area contributed by atoms with Crippen molar-refractivity contribution in [2.45, 2.75) is 26.0 Å². The first-order chi connectivity index (χ1) is 17.6. The molecule has 0 fully saturated rings. The van der Waals surface area contributed by atoms with E-state index in [2.05, 4.69) is 17.7 Å². The van der Waals surface area contributed by atoms with Crippen LogP contribution in [0, 0.1) is 12.3 Å². The number of aliphatic hydroxyl groups excluding tert-OH is 1. The van der Waals surface area contributed by atoms with Crippen LogP contribution in [0.15, 0.2) is 54.6 Å². The topological polar surface area (TPSA) is 78.2 Å². The molecule has 0 spiro atoms. The van der Waals surface area contributed by atoms with Crippen LogP contribution in [0.1, 0.15) is 18.2 Å². The van der Waals surface area contributed by atoms with Crippen LogP contribution in [0.5, 0.6) is 17.4 Å². The number of aliphatic hydroxyl groups is 1. The van der Waals surface area contributed by atoms with Crippen LogP contribution < -0.4 is 9.47 Å². The molecule has 36 heavy (non-hydrogen) atoms. The molecule has 0 saturated carbocycles. The van der Waals surface area contributed by atoms with Crippen molar-refractivity contribution in [2.24, 2.45) is 0 Å². The van der Waals surface area contributed by atoms with Crippen LogP contribution >= 0.6 is 0 Å². The number of methoxy groups -OCH3 is 2. The highest BCUT2D eigenvalue weighted by molar-refractivity contribution is 5.44. The third-order valence-electron chi connectivity index (χ3n) is 5.59. The molecule has 1 unspecified atom stereocenters. The molecule has 192 valence electrons. The Hall–Kier alpha value is -3.35. The Morgan fingerprint density at radius 2 is 1.81 bits per heavy atom. The summed E-state index contributed by atoms with van der Waals surface area (Å²) >= 11 is 0. The molecule has 0 saturated heterocycles. The van der Waals surface area contributed by atoms with Crippen LogP contribution in [0.2, 0.25) is 0 Å². The predicted octanol–water partition coefficient (Wildman–Crippen LogP) is 3.69. The van der Waals surface area contributed by atoms with E-state index in [0.29, 0.717) is 37.9 Å². The summed E-state index contributed by atoms with van der Waals surface area (Å²) in [5, 5.41) is 15.4. The number of nitrogens with zero attached hydrogens (tertiary/aromatic N) is 3. The quantitative estimate of drug-likeness (QED) is 0.256. The molecule has 0 aliphatic rings. The van der Waals surface area contributed by atoms with Gasteiger partial charge in [0.1, 0.15) is 18.1 Å². The van der Waals surface area contributed by atoms with E-state index in [4.69, 9.17) is 30.5 Å². The van der Waals surface area contributed by atoms with E-state index in [-0.39, 0.29) is 13.2 Å². The molecule has 8 nitrogen and oxygen atoms in total. The average molecular weight is 494 g/mol. The van der Waals surface area contributed by atoms with Gasteiger partial charge < -0.3 is 24.1 Å². The van der Waals surface area contributed by atoms with Crippen molar-refractivity contribution in [2.75, 3.05) is 47.1 Å². The zero-order chi connectivity index (χ0) is 25.8. The Morgan fingerprint density at radius 1 is 1.08 bits per heavy atom. The van der Waals surface area contributed by atoms with Crippen LogP contribution in [-0.2, 0) is 22.4 Å². The van der Waals surface area contributed by atoms with E-state index >= 15 is 0 Å². The van der Waals surface area contributed by atoms with Gasteiger partial charge in [-0.15, -0.1) is 6.42 Å². The fraction of sp³-hybridized carbons (Fsp3) is 0.393. The van der Waals surface area contributed by atoms with Crippen LogP contribution in [0.3, 0.4) is 0 Å². The normalized spacial score (nSPS) is 11.9. The predicted molar refractivity (Wildman–Crippen MR) is 139 cm³/mol. The van der Waals surface area contributed by atoms with Gasteiger partial charge in [0.05, 0.1) is 43.4 Å². The fourth-order valence-electron chi connectivity index (χ4n) is 3.81. The van der Waals surface area contributed by atoms with Gasteiger partial charge in [0, 0.05) is 26.7 Å². The van der Waals surface area contributed by atoms with E-state index in [1.165, 1.54) is 0 Å². The van der Waals surface area contributed by atoms with Crippen molar-refractivity contribution >= 4 is 0 Å². The summed E-state index contributed by atoms with van der Waals surface area (Å²) in [6, 6.07) is 17.3. The molecule has 1 aromatic heterocycles. The zero-order valence-corrected chi connectivity index (χ0v) is 21.2.